The van der Waals surface area contributed by atoms with Crippen LogP contribution in [0.5, 0.6) is 0 Å². The maximum absolute atomic E-state index is 5.42. The van der Waals surface area contributed by atoms with Gasteiger partial charge in [0.2, 0.25) is 0 Å². The van der Waals surface area contributed by atoms with Crippen molar-refractivity contribution >= 4 is 0 Å². The average molecular weight is 185 g/mol. The van der Waals surface area contributed by atoms with Gasteiger partial charge in [-0.15, -0.1) is 0 Å². The number of hydrogen-bond acceptors (Lipinski definition) is 3. The Morgan fingerprint density at radius 3 is 2.69 bits per heavy atom. The van der Waals surface area contributed by atoms with E-state index in [4.69, 9.17) is 5.73 Å². The zero-order valence-corrected chi connectivity index (χ0v) is 8.76. The largest absolute Gasteiger partial charge is 0.330 e. The molecule has 0 saturated carbocycles. The molecule has 1 rings (SSSR count). The van der Waals surface area contributed by atoms with Gasteiger partial charge in [0, 0.05) is 0 Å². The lowest BCUT2D eigenvalue weighted by molar-refractivity contribution is 0.216. The topological polar surface area (TPSA) is 41.3 Å². The normalized spacial score (nSPS) is 20.8. The molecule has 3 N–H and O–H groups in total. The molecule has 3 heteroatoms. The second-order valence-corrected chi connectivity index (χ2v) is 4.09. The molecule has 0 amide bonds. The number of hydrogen-bond donors (Lipinski definition) is 2. The minimum atomic E-state index is 0.806. The Hall–Kier alpha value is -0.120. The summed E-state index contributed by atoms with van der Waals surface area (Å²) in [5.74, 6) is 0.897. The van der Waals surface area contributed by atoms with Crippen LogP contribution in [0.4, 0.5) is 0 Å². The van der Waals surface area contributed by atoms with Gasteiger partial charge in [-0.1, -0.05) is 0 Å². The molecule has 0 bridgehead atoms. The van der Waals surface area contributed by atoms with Gasteiger partial charge in [-0.25, -0.2) is 0 Å². The molecule has 13 heavy (non-hydrogen) atoms. The van der Waals surface area contributed by atoms with E-state index in [1.807, 2.05) is 0 Å². The van der Waals surface area contributed by atoms with Crippen LogP contribution in [0.1, 0.15) is 19.3 Å². The van der Waals surface area contributed by atoms with Crippen molar-refractivity contribution in [1.29, 1.82) is 0 Å². The van der Waals surface area contributed by atoms with E-state index in [0.29, 0.717) is 0 Å². The second kappa shape index (κ2) is 6.35. The Kier molecular flexibility index (Phi) is 5.35. The molecule has 0 aromatic heterocycles. The summed E-state index contributed by atoms with van der Waals surface area (Å²) in [7, 11) is 2.21. The van der Waals surface area contributed by atoms with E-state index >= 15 is 0 Å². The average Bonchev–Trinajstić information content (AvgIpc) is 2.15. The molecular weight excluding hydrogens is 162 g/mol. The summed E-state index contributed by atoms with van der Waals surface area (Å²) in [6.45, 7) is 5.61. The van der Waals surface area contributed by atoms with Gasteiger partial charge in [0.25, 0.3) is 0 Å². The van der Waals surface area contributed by atoms with Gasteiger partial charge in [0.15, 0.2) is 0 Å². The monoisotopic (exact) mass is 185 g/mol. The van der Waals surface area contributed by atoms with Crippen LogP contribution in [0.2, 0.25) is 0 Å². The van der Waals surface area contributed by atoms with Crippen LogP contribution in [-0.2, 0) is 0 Å². The van der Waals surface area contributed by atoms with Crippen molar-refractivity contribution in [1.82, 2.24) is 10.2 Å². The number of nitrogens with zero attached hydrogens (tertiary/aromatic N) is 1. The fourth-order valence-electron chi connectivity index (χ4n) is 1.80. The first kappa shape index (κ1) is 11.0. The van der Waals surface area contributed by atoms with Crippen molar-refractivity contribution in [2.75, 3.05) is 39.8 Å². The zero-order chi connectivity index (χ0) is 9.52. The van der Waals surface area contributed by atoms with Gasteiger partial charge in [0.1, 0.15) is 0 Å². The minimum absolute atomic E-state index is 0.806. The zero-order valence-electron chi connectivity index (χ0n) is 8.76. The van der Waals surface area contributed by atoms with Crippen molar-refractivity contribution in [3.8, 4) is 0 Å². The highest BCUT2D eigenvalue weighted by molar-refractivity contribution is 4.71. The van der Waals surface area contributed by atoms with Crippen LogP contribution in [0, 0.1) is 5.92 Å². The molecular formula is C10H23N3. The van der Waals surface area contributed by atoms with Gasteiger partial charge in [-0.2, -0.15) is 0 Å². The predicted molar refractivity (Wildman–Crippen MR) is 56.8 cm³/mol. The summed E-state index contributed by atoms with van der Waals surface area (Å²) < 4.78 is 0. The standard InChI is InChI=1S/C10H23N3/c1-13-7-3-10(4-8-13)9-12-6-2-5-11/h10,12H,2-9,11H2,1H3. The molecule has 0 aliphatic carbocycles. The predicted octanol–water partition coefficient (Wildman–Crippen LogP) is 0.267. The Balaban J connectivity index is 1.96. The Bertz CT molecular complexity index is 119. The van der Waals surface area contributed by atoms with Crippen molar-refractivity contribution in [2.24, 2.45) is 11.7 Å². The lowest BCUT2D eigenvalue weighted by Gasteiger charge is -2.29. The van der Waals surface area contributed by atoms with Crippen LogP contribution >= 0.6 is 0 Å². The van der Waals surface area contributed by atoms with Crippen LogP contribution in [-0.4, -0.2) is 44.7 Å². The summed E-state index contributed by atoms with van der Waals surface area (Å²) >= 11 is 0. The Labute approximate surface area is 81.7 Å². The van der Waals surface area contributed by atoms with E-state index in [-0.39, 0.29) is 0 Å². The maximum atomic E-state index is 5.42. The molecule has 0 aromatic carbocycles. The lowest BCUT2D eigenvalue weighted by Crippen LogP contribution is -2.35. The molecule has 1 fully saturated rings. The van der Waals surface area contributed by atoms with Crippen molar-refractivity contribution in [3.63, 3.8) is 0 Å². The molecule has 0 radical (unpaired) electrons. The van der Waals surface area contributed by atoms with Crippen molar-refractivity contribution in [3.05, 3.63) is 0 Å². The third-order valence-corrected chi connectivity index (χ3v) is 2.83. The van der Waals surface area contributed by atoms with E-state index in [1.165, 1.54) is 32.5 Å². The van der Waals surface area contributed by atoms with E-state index in [2.05, 4.69) is 17.3 Å². The van der Waals surface area contributed by atoms with Gasteiger partial charge in [-0.3, -0.25) is 0 Å². The van der Waals surface area contributed by atoms with Gasteiger partial charge < -0.3 is 16.0 Å². The third kappa shape index (κ3) is 4.60. The molecule has 0 spiro atoms. The summed E-state index contributed by atoms with van der Waals surface area (Å²) in [6.07, 6.45) is 3.81. The number of nitrogens with one attached hydrogen (secondary N) is 1. The first-order chi connectivity index (χ1) is 6.33. The number of rotatable bonds is 5. The van der Waals surface area contributed by atoms with E-state index in [0.717, 1.165) is 25.4 Å². The maximum Gasteiger partial charge on any atom is -0.00187 e. The first-order valence-corrected chi connectivity index (χ1v) is 5.42. The number of likely N-dealkylation sites (tertiary alicyclic amines) is 1. The van der Waals surface area contributed by atoms with Gasteiger partial charge in [0.05, 0.1) is 0 Å². The summed E-state index contributed by atoms with van der Waals surface area (Å²) in [6, 6.07) is 0. The minimum Gasteiger partial charge on any atom is -0.330 e. The smallest absolute Gasteiger partial charge is 0.00187 e. The number of piperidine rings is 1. The highest BCUT2D eigenvalue weighted by Crippen LogP contribution is 2.14. The highest BCUT2D eigenvalue weighted by Gasteiger charge is 2.15. The Morgan fingerprint density at radius 2 is 2.08 bits per heavy atom. The Morgan fingerprint density at radius 1 is 1.38 bits per heavy atom. The molecule has 0 aromatic rings. The van der Waals surface area contributed by atoms with E-state index in [9.17, 15) is 0 Å². The fourth-order valence-corrected chi connectivity index (χ4v) is 1.80. The van der Waals surface area contributed by atoms with Crippen LogP contribution in [0.15, 0.2) is 0 Å². The van der Waals surface area contributed by atoms with Crippen LogP contribution in [0.3, 0.4) is 0 Å². The molecule has 1 heterocycles. The van der Waals surface area contributed by atoms with Crippen molar-refractivity contribution < 1.29 is 0 Å². The molecule has 1 aliphatic heterocycles. The van der Waals surface area contributed by atoms with Gasteiger partial charge >= 0.3 is 0 Å². The summed E-state index contributed by atoms with van der Waals surface area (Å²) in [4.78, 5) is 2.41. The van der Waals surface area contributed by atoms with Crippen molar-refractivity contribution in [2.45, 2.75) is 19.3 Å². The fraction of sp³-hybridized carbons (Fsp3) is 1.00. The van der Waals surface area contributed by atoms with Crippen LogP contribution < -0.4 is 11.1 Å². The molecule has 78 valence electrons. The molecule has 1 aliphatic rings. The van der Waals surface area contributed by atoms with Crippen LogP contribution in [0.25, 0.3) is 0 Å². The summed E-state index contributed by atoms with van der Waals surface area (Å²) in [5, 5.41) is 3.47. The molecule has 0 atom stereocenters. The highest BCUT2D eigenvalue weighted by atomic mass is 15.1. The third-order valence-electron chi connectivity index (χ3n) is 2.83. The molecule has 1 saturated heterocycles. The SMILES string of the molecule is CN1CCC(CNCCCN)CC1. The van der Waals surface area contributed by atoms with Gasteiger partial charge in [-0.05, 0) is 65.0 Å². The molecule has 0 unspecified atom stereocenters. The second-order valence-electron chi connectivity index (χ2n) is 4.09. The quantitative estimate of drug-likeness (QED) is 0.604. The number of nitrogens with two attached hydrogens (primary N) is 1. The first-order valence-electron chi connectivity index (χ1n) is 5.42. The summed E-state index contributed by atoms with van der Waals surface area (Å²) in [5.41, 5.74) is 5.42. The molecule has 3 nitrogen and oxygen atoms in total. The lowest BCUT2D eigenvalue weighted by atomic mass is 9.97. The van der Waals surface area contributed by atoms with E-state index < -0.39 is 0 Å². The van der Waals surface area contributed by atoms with E-state index in [1.54, 1.807) is 0 Å².